The monoisotopic (exact) mass is 534 g/mol. The smallest absolute Gasteiger partial charge is 0.330 e. The van der Waals surface area contributed by atoms with Gasteiger partial charge in [-0.25, -0.2) is 9.65 Å². The van der Waals surface area contributed by atoms with Crippen LogP contribution in [0.4, 0.5) is 0 Å². The fourth-order valence-electron chi connectivity index (χ4n) is 4.39. The van der Waals surface area contributed by atoms with Crippen molar-refractivity contribution < 1.29 is 14.0 Å². The molecular weight excluding hydrogens is 467 g/mol. The molecule has 1 unspecified atom stereocenters. The summed E-state index contributed by atoms with van der Waals surface area (Å²) in [6.07, 6.45) is 32.5. The second-order valence-electron chi connectivity index (χ2n) is 10.4. The highest BCUT2D eigenvalue weighted by Crippen LogP contribution is 2.36. The maximum absolute atomic E-state index is 11.3. The molecule has 0 amide bonds. The van der Waals surface area contributed by atoms with Crippen LogP contribution in [-0.4, -0.2) is 24.6 Å². The van der Waals surface area contributed by atoms with Crippen molar-refractivity contribution in [2.45, 2.75) is 175 Å². The molecule has 5 nitrogen and oxygen atoms in total. The molecule has 0 aliphatic carbocycles. The minimum absolute atomic E-state index is 0.263. The van der Waals surface area contributed by atoms with Gasteiger partial charge in [-0.15, -0.1) is 0 Å². The molecule has 0 heterocycles. The van der Waals surface area contributed by atoms with E-state index in [1.165, 1.54) is 141 Å². The van der Waals surface area contributed by atoms with Crippen LogP contribution in [0.25, 0.3) is 0 Å². The molecule has 0 aromatic carbocycles. The third-order valence-electron chi connectivity index (χ3n) is 6.70. The van der Waals surface area contributed by atoms with E-state index in [0.29, 0.717) is 6.54 Å². The topological polar surface area (TPSA) is 84.6 Å². The molecule has 0 radical (unpaired) electrons. The SMILES string of the molecule is CCCCCCCCCCCCCCN.CCCCCCCCCCCCCCNP(=O)(O)OCC. The van der Waals surface area contributed by atoms with Crippen LogP contribution < -0.4 is 10.8 Å². The lowest BCUT2D eigenvalue weighted by Gasteiger charge is -2.11. The highest BCUT2D eigenvalue weighted by molar-refractivity contribution is 7.50. The Kier molecular flexibility index (Phi) is 35.1. The highest BCUT2D eigenvalue weighted by atomic mass is 31.2. The van der Waals surface area contributed by atoms with E-state index in [4.69, 9.17) is 10.3 Å². The third-order valence-corrected chi connectivity index (χ3v) is 7.94. The molecule has 6 heteroatoms. The van der Waals surface area contributed by atoms with Gasteiger partial charge in [0.1, 0.15) is 0 Å². The molecule has 4 N–H and O–H groups in total. The lowest BCUT2D eigenvalue weighted by molar-refractivity contribution is 0.263. The summed E-state index contributed by atoms with van der Waals surface area (Å²) in [5.74, 6) is 0. The van der Waals surface area contributed by atoms with E-state index < -0.39 is 7.75 Å². The molecule has 0 spiro atoms. The van der Waals surface area contributed by atoms with Crippen LogP contribution in [0.2, 0.25) is 0 Å². The molecule has 0 saturated heterocycles. The molecule has 0 rings (SSSR count). The fraction of sp³-hybridized carbons (Fsp3) is 1.00. The molecule has 0 fully saturated rings. The van der Waals surface area contributed by atoms with Crippen molar-refractivity contribution in [3.05, 3.63) is 0 Å². The predicted molar refractivity (Wildman–Crippen MR) is 161 cm³/mol. The molecule has 0 aliphatic rings. The second-order valence-corrected chi connectivity index (χ2v) is 12.0. The predicted octanol–water partition coefficient (Wildman–Crippen LogP) is 10.1. The largest absolute Gasteiger partial charge is 0.402 e. The molecule has 1 atom stereocenters. The summed E-state index contributed by atoms with van der Waals surface area (Å²) >= 11 is 0. The van der Waals surface area contributed by atoms with Crippen LogP contribution in [-0.2, 0) is 9.09 Å². The van der Waals surface area contributed by atoms with Crippen molar-refractivity contribution >= 4 is 7.75 Å². The Hall–Kier alpha value is 0.0700. The summed E-state index contributed by atoms with van der Waals surface area (Å²) in [5, 5.41) is 2.58. The summed E-state index contributed by atoms with van der Waals surface area (Å²) in [5.41, 5.74) is 5.45. The second kappa shape index (κ2) is 33.1. The standard InChI is InChI=1S/C16H36NO3P.C14H31N/c1-3-5-6-7-8-9-10-11-12-13-14-15-16-17-21(18,19)20-4-2;1-2-3-4-5-6-7-8-9-10-11-12-13-14-15/h3-16H2,1-2H3,(H2,17,18,19);2-15H2,1H3. The average molecular weight is 535 g/mol. The van der Waals surface area contributed by atoms with Crippen LogP contribution in [0.1, 0.15) is 175 Å². The fourth-order valence-corrected chi connectivity index (χ4v) is 5.27. The average Bonchev–Trinajstić information content (AvgIpc) is 2.86. The van der Waals surface area contributed by atoms with Gasteiger partial charge in [0, 0.05) is 6.54 Å². The Morgan fingerprint density at radius 1 is 0.556 bits per heavy atom. The van der Waals surface area contributed by atoms with Crippen molar-refractivity contribution in [1.29, 1.82) is 0 Å². The van der Waals surface area contributed by atoms with Gasteiger partial charge in [0.05, 0.1) is 6.61 Å². The minimum Gasteiger partial charge on any atom is -0.330 e. The molecule has 0 bridgehead atoms. The molecule has 0 aromatic rings. The van der Waals surface area contributed by atoms with Crippen LogP contribution in [0.5, 0.6) is 0 Å². The molecular formula is C30H67N2O3P. The maximum atomic E-state index is 11.3. The first kappa shape index (κ1) is 38.2. The summed E-state index contributed by atoms with van der Waals surface area (Å²) in [6.45, 7) is 7.95. The van der Waals surface area contributed by atoms with Crippen LogP contribution in [0.3, 0.4) is 0 Å². The Morgan fingerprint density at radius 3 is 1.17 bits per heavy atom. The van der Waals surface area contributed by atoms with Crippen molar-refractivity contribution in [1.82, 2.24) is 5.09 Å². The first-order chi connectivity index (χ1) is 17.5. The molecule has 36 heavy (non-hydrogen) atoms. The van der Waals surface area contributed by atoms with Crippen LogP contribution in [0.15, 0.2) is 0 Å². The van der Waals surface area contributed by atoms with E-state index in [0.717, 1.165) is 19.4 Å². The van der Waals surface area contributed by atoms with Gasteiger partial charge in [-0.3, -0.25) is 4.52 Å². The molecule has 0 aromatic heterocycles. The molecule has 0 aliphatic heterocycles. The Bertz CT molecular complexity index is 426. The van der Waals surface area contributed by atoms with Gasteiger partial charge in [0.15, 0.2) is 0 Å². The van der Waals surface area contributed by atoms with Crippen LogP contribution in [0, 0.1) is 0 Å². The zero-order valence-corrected chi connectivity index (χ0v) is 25.8. The van der Waals surface area contributed by atoms with Gasteiger partial charge in [-0.05, 0) is 26.3 Å². The number of nitrogens with two attached hydrogens (primary N) is 1. The van der Waals surface area contributed by atoms with E-state index in [1.54, 1.807) is 6.92 Å². The van der Waals surface area contributed by atoms with Crippen molar-refractivity contribution in [3.63, 3.8) is 0 Å². The quantitative estimate of drug-likeness (QED) is 0.0687. The Labute approximate surface area is 227 Å². The maximum Gasteiger partial charge on any atom is 0.402 e. The Morgan fingerprint density at radius 2 is 0.861 bits per heavy atom. The first-order valence-corrected chi connectivity index (χ1v) is 17.5. The van der Waals surface area contributed by atoms with Gasteiger partial charge in [0.25, 0.3) is 0 Å². The van der Waals surface area contributed by atoms with Gasteiger partial charge in [-0.1, -0.05) is 155 Å². The van der Waals surface area contributed by atoms with Gasteiger partial charge in [-0.2, -0.15) is 0 Å². The van der Waals surface area contributed by atoms with E-state index in [-0.39, 0.29) is 6.61 Å². The van der Waals surface area contributed by atoms with Crippen molar-refractivity contribution in [3.8, 4) is 0 Å². The normalized spacial score (nSPS) is 12.8. The number of nitrogens with one attached hydrogen (secondary N) is 1. The third kappa shape index (κ3) is 36.2. The van der Waals surface area contributed by atoms with E-state index in [9.17, 15) is 9.46 Å². The van der Waals surface area contributed by atoms with E-state index in [1.807, 2.05) is 0 Å². The van der Waals surface area contributed by atoms with Gasteiger partial charge in [0.2, 0.25) is 0 Å². The van der Waals surface area contributed by atoms with Gasteiger partial charge < -0.3 is 10.6 Å². The molecule has 220 valence electrons. The zero-order valence-electron chi connectivity index (χ0n) is 24.9. The van der Waals surface area contributed by atoms with Crippen LogP contribution >= 0.6 is 7.75 Å². The number of unbranched alkanes of at least 4 members (excludes halogenated alkanes) is 22. The summed E-state index contributed by atoms with van der Waals surface area (Å²) < 4.78 is 16.1. The number of hydrogen-bond donors (Lipinski definition) is 3. The lowest BCUT2D eigenvalue weighted by Crippen LogP contribution is -2.13. The summed E-state index contributed by atoms with van der Waals surface area (Å²) in [4.78, 5) is 9.31. The summed E-state index contributed by atoms with van der Waals surface area (Å²) in [7, 11) is -3.52. The highest BCUT2D eigenvalue weighted by Gasteiger charge is 2.16. The first-order valence-electron chi connectivity index (χ1n) is 16.0. The summed E-state index contributed by atoms with van der Waals surface area (Å²) in [6, 6.07) is 0. The zero-order chi connectivity index (χ0) is 27.0. The van der Waals surface area contributed by atoms with E-state index >= 15 is 0 Å². The number of hydrogen-bond acceptors (Lipinski definition) is 3. The lowest BCUT2D eigenvalue weighted by atomic mass is 10.1. The van der Waals surface area contributed by atoms with Crippen molar-refractivity contribution in [2.75, 3.05) is 19.7 Å². The molecule has 0 saturated carbocycles. The van der Waals surface area contributed by atoms with E-state index in [2.05, 4.69) is 18.9 Å². The van der Waals surface area contributed by atoms with Gasteiger partial charge >= 0.3 is 7.75 Å². The minimum atomic E-state index is -3.52. The van der Waals surface area contributed by atoms with Crippen molar-refractivity contribution in [2.24, 2.45) is 5.73 Å². The number of rotatable bonds is 28. The Balaban J connectivity index is 0.